The quantitative estimate of drug-likeness (QED) is 0.182. The second-order valence-electron chi connectivity index (χ2n) is 8.15. The van der Waals surface area contributed by atoms with Crippen molar-refractivity contribution in [2.24, 2.45) is 0 Å². The lowest BCUT2D eigenvalue weighted by Gasteiger charge is -2.26. The monoisotopic (exact) mass is 546 g/mol. The van der Waals surface area contributed by atoms with Crippen LogP contribution in [-0.4, -0.2) is 28.0 Å². The van der Waals surface area contributed by atoms with Gasteiger partial charge in [-0.25, -0.2) is 8.42 Å². The number of hydrogen-bond acceptors (Lipinski definition) is 7. The molecule has 0 aliphatic rings. The van der Waals surface area contributed by atoms with Crippen molar-refractivity contribution in [1.29, 1.82) is 0 Å². The van der Waals surface area contributed by atoms with Crippen molar-refractivity contribution in [3.63, 3.8) is 0 Å². The third-order valence-corrected chi connectivity index (χ3v) is 8.90. The minimum absolute atomic E-state index is 0.170. The molecule has 4 aromatic rings. The number of carbonyl (C=O) groups is 1. The number of carbonyl (C=O) groups excluding carboxylic acids is 1. The number of sulfonamides is 1. The topological polar surface area (TPSA) is 88.8 Å². The normalized spacial score (nSPS) is 11.6. The molecular formula is C26H27ClN2O5S2. The number of nitrogens with one attached hydrogen (secondary N) is 1. The van der Waals surface area contributed by atoms with Crippen molar-refractivity contribution in [2.75, 3.05) is 17.5 Å². The predicted octanol–water partition coefficient (Wildman–Crippen LogP) is 5.68. The number of furan rings is 1. The first-order chi connectivity index (χ1) is 17.3. The van der Waals surface area contributed by atoms with E-state index in [-0.39, 0.29) is 18.0 Å². The number of halogens is 1. The van der Waals surface area contributed by atoms with Gasteiger partial charge < -0.3 is 14.5 Å². The van der Waals surface area contributed by atoms with Crippen molar-refractivity contribution in [3.8, 4) is 0 Å². The molecular weight excluding hydrogens is 520 g/mol. The Labute approximate surface area is 219 Å². The van der Waals surface area contributed by atoms with Gasteiger partial charge in [0.15, 0.2) is 0 Å². The first-order valence-corrected chi connectivity index (χ1v) is 14.2. The van der Waals surface area contributed by atoms with E-state index in [9.17, 15) is 13.2 Å². The first kappa shape index (κ1) is 26.2. The minimum Gasteiger partial charge on any atom is -0.467 e. The Kier molecular flexibility index (Phi) is 8.35. The highest BCUT2D eigenvalue weighted by Crippen LogP contribution is 2.33. The summed E-state index contributed by atoms with van der Waals surface area (Å²) in [5, 5.41) is 6.66. The van der Waals surface area contributed by atoms with Crippen molar-refractivity contribution in [1.82, 2.24) is 5.32 Å². The van der Waals surface area contributed by atoms with Gasteiger partial charge >= 0.3 is 0 Å². The maximum atomic E-state index is 13.8. The number of hydrogen-bond donors (Lipinski definition) is 1. The smallest absolute Gasteiger partial charge is 0.293 e. The zero-order valence-corrected chi connectivity index (χ0v) is 22.4. The Morgan fingerprint density at radius 2 is 2.00 bits per heavy atom. The number of fused-ring (bicyclic) bond motifs is 1. The lowest BCUT2D eigenvalue weighted by Crippen LogP contribution is -2.32. The molecule has 0 unspecified atom stereocenters. The number of nitrogens with zero attached hydrogens (tertiary/aromatic N) is 1. The van der Waals surface area contributed by atoms with Gasteiger partial charge in [0.2, 0.25) is 0 Å². The molecule has 4 rings (SSSR count). The van der Waals surface area contributed by atoms with Crippen LogP contribution >= 0.6 is 22.9 Å². The van der Waals surface area contributed by atoms with Gasteiger partial charge in [-0.3, -0.25) is 9.10 Å². The first-order valence-electron chi connectivity index (χ1n) is 11.5. The van der Waals surface area contributed by atoms with Crippen LogP contribution in [0.4, 0.5) is 5.69 Å². The highest BCUT2D eigenvalue weighted by molar-refractivity contribution is 7.92. The average Bonchev–Trinajstić information content (AvgIpc) is 3.49. The molecule has 0 bridgehead atoms. The number of aryl methyl sites for hydroxylation is 1. The number of thiophene rings is 1. The van der Waals surface area contributed by atoms with Gasteiger partial charge in [0, 0.05) is 41.3 Å². The van der Waals surface area contributed by atoms with Crippen LogP contribution in [0, 0.1) is 6.92 Å². The van der Waals surface area contributed by atoms with Crippen LogP contribution in [0.25, 0.3) is 11.0 Å². The molecule has 190 valence electrons. The van der Waals surface area contributed by atoms with E-state index in [1.54, 1.807) is 47.7 Å². The fraction of sp³-hybridized carbons (Fsp3) is 0.269. The van der Waals surface area contributed by atoms with E-state index in [0.29, 0.717) is 53.4 Å². The fourth-order valence-corrected chi connectivity index (χ4v) is 6.53. The molecule has 0 spiro atoms. The van der Waals surface area contributed by atoms with Gasteiger partial charge in [-0.1, -0.05) is 17.7 Å². The molecule has 2 heterocycles. The van der Waals surface area contributed by atoms with Gasteiger partial charge in [0.25, 0.3) is 16.5 Å². The second-order valence-corrected chi connectivity index (χ2v) is 11.5. The summed E-state index contributed by atoms with van der Waals surface area (Å²) in [6.45, 7) is 5.65. The highest BCUT2D eigenvalue weighted by atomic mass is 35.5. The van der Waals surface area contributed by atoms with Crippen LogP contribution in [0.1, 0.15) is 28.7 Å². The van der Waals surface area contributed by atoms with Gasteiger partial charge in [0.1, 0.15) is 11.3 Å². The summed E-state index contributed by atoms with van der Waals surface area (Å²) < 4.78 is 39.7. The molecule has 0 aliphatic heterocycles. The molecule has 36 heavy (non-hydrogen) atoms. The molecule has 0 saturated heterocycles. The Morgan fingerprint density at radius 3 is 2.72 bits per heavy atom. The summed E-state index contributed by atoms with van der Waals surface area (Å²) in [6, 6.07) is 14.2. The molecule has 0 radical (unpaired) electrons. The largest absolute Gasteiger partial charge is 0.467 e. The summed E-state index contributed by atoms with van der Waals surface area (Å²) in [5.41, 5.74) is 2.78. The Morgan fingerprint density at radius 1 is 1.17 bits per heavy atom. The maximum absolute atomic E-state index is 13.8. The Bertz CT molecular complexity index is 1450. The number of benzene rings is 2. The second kappa shape index (κ2) is 11.5. The number of ether oxygens (including phenoxy) is 1. The van der Waals surface area contributed by atoms with E-state index in [1.165, 1.54) is 9.18 Å². The molecule has 2 aromatic heterocycles. The maximum Gasteiger partial charge on any atom is 0.293 e. The SMILES string of the molecule is CCN(c1ccc(Cl)cc1CNCc1cccs1)S(=O)(=O)c1ccc2oc(CCOC=O)c(C)c2c1. The molecule has 7 nitrogen and oxygen atoms in total. The van der Waals surface area contributed by atoms with Crippen LogP contribution in [0.5, 0.6) is 0 Å². The minimum atomic E-state index is -3.88. The van der Waals surface area contributed by atoms with Crippen molar-refractivity contribution in [3.05, 3.63) is 80.7 Å². The van der Waals surface area contributed by atoms with Gasteiger partial charge in [-0.05, 0) is 72.8 Å². The number of anilines is 1. The molecule has 0 fully saturated rings. The van der Waals surface area contributed by atoms with E-state index >= 15 is 0 Å². The molecule has 2 aromatic carbocycles. The van der Waals surface area contributed by atoms with Crippen LogP contribution < -0.4 is 9.62 Å². The van der Waals surface area contributed by atoms with Crippen molar-refractivity contribution < 1.29 is 22.4 Å². The van der Waals surface area contributed by atoms with E-state index in [4.69, 9.17) is 20.8 Å². The van der Waals surface area contributed by atoms with Crippen molar-refractivity contribution in [2.45, 2.75) is 38.3 Å². The van der Waals surface area contributed by atoms with Gasteiger partial charge in [-0.15, -0.1) is 11.3 Å². The fourth-order valence-electron chi connectivity index (χ4n) is 4.12. The summed E-state index contributed by atoms with van der Waals surface area (Å²) in [4.78, 5) is 11.8. The van der Waals surface area contributed by atoms with Crippen molar-refractivity contribution >= 4 is 56.1 Å². The molecule has 0 amide bonds. The third-order valence-electron chi connectivity index (χ3n) is 5.90. The summed E-state index contributed by atoms with van der Waals surface area (Å²) in [7, 11) is -3.88. The van der Waals surface area contributed by atoms with Crippen LogP contribution in [0.15, 0.2) is 63.2 Å². The number of rotatable bonds is 12. The van der Waals surface area contributed by atoms with Crippen LogP contribution in [-0.2, 0) is 39.1 Å². The molecule has 0 saturated carbocycles. The van der Waals surface area contributed by atoms with Gasteiger partial charge in [0.05, 0.1) is 17.2 Å². The van der Waals surface area contributed by atoms with Gasteiger partial charge in [-0.2, -0.15) is 0 Å². The lowest BCUT2D eigenvalue weighted by atomic mass is 10.1. The zero-order valence-electron chi connectivity index (χ0n) is 20.0. The molecule has 10 heteroatoms. The Balaban J connectivity index is 1.64. The average molecular weight is 547 g/mol. The molecule has 0 aliphatic carbocycles. The summed E-state index contributed by atoms with van der Waals surface area (Å²) in [5.74, 6) is 0.658. The van der Waals surface area contributed by atoms with Crippen LogP contribution in [0.2, 0.25) is 5.02 Å². The van der Waals surface area contributed by atoms with E-state index in [1.807, 2.05) is 31.4 Å². The lowest BCUT2D eigenvalue weighted by molar-refractivity contribution is -0.128. The highest BCUT2D eigenvalue weighted by Gasteiger charge is 2.27. The zero-order chi connectivity index (χ0) is 25.7. The van der Waals surface area contributed by atoms with E-state index in [2.05, 4.69) is 5.32 Å². The standard InChI is InChI=1S/C26H27ClN2O5S2/c1-3-29(24-8-6-20(27)13-19(24)15-28-16-21-5-4-12-35-21)36(31,32)22-7-9-26-23(14-22)18(2)25(34-26)10-11-33-17-30/h4-9,12-14,17,28H,3,10-11,15-16H2,1-2H3. The van der Waals surface area contributed by atoms with E-state index < -0.39 is 10.0 Å². The summed E-state index contributed by atoms with van der Waals surface area (Å²) >= 11 is 7.93. The Hall–Kier alpha value is -2.85. The van der Waals surface area contributed by atoms with E-state index in [0.717, 1.165) is 11.1 Å². The predicted molar refractivity (Wildman–Crippen MR) is 143 cm³/mol. The summed E-state index contributed by atoms with van der Waals surface area (Å²) in [6.07, 6.45) is 0.412. The molecule has 1 N–H and O–H groups in total. The molecule has 0 atom stereocenters. The third kappa shape index (κ3) is 5.59. The van der Waals surface area contributed by atoms with Crippen LogP contribution in [0.3, 0.4) is 0 Å².